The van der Waals surface area contributed by atoms with Gasteiger partial charge in [-0.3, -0.25) is 0 Å². The standard InChI is InChI=1S/C15H14Cl2FN/c1-2-19-9-11-7-10(3-6-14(11)17)13-5-4-12(16)8-15(13)18/h3-8,19H,2,9H2,1H3. The first-order chi connectivity index (χ1) is 9.11. The molecule has 2 aromatic rings. The van der Waals surface area contributed by atoms with Gasteiger partial charge in [0.2, 0.25) is 0 Å². The Bertz CT molecular complexity index is 584. The quantitative estimate of drug-likeness (QED) is 0.845. The van der Waals surface area contributed by atoms with Crippen LogP contribution in [-0.4, -0.2) is 6.54 Å². The molecule has 0 radical (unpaired) electrons. The molecule has 0 atom stereocenters. The van der Waals surface area contributed by atoms with E-state index in [0.29, 0.717) is 22.2 Å². The Morgan fingerprint density at radius 1 is 1.11 bits per heavy atom. The van der Waals surface area contributed by atoms with Crippen molar-refractivity contribution < 1.29 is 4.39 Å². The van der Waals surface area contributed by atoms with Crippen LogP contribution in [0.1, 0.15) is 12.5 Å². The second kappa shape index (κ2) is 6.38. The Hall–Kier alpha value is -1.09. The summed E-state index contributed by atoms with van der Waals surface area (Å²) in [6.45, 7) is 3.55. The maximum atomic E-state index is 13.9. The first-order valence-electron chi connectivity index (χ1n) is 6.06. The molecule has 1 N–H and O–H groups in total. The largest absolute Gasteiger partial charge is 0.313 e. The van der Waals surface area contributed by atoms with Crippen LogP contribution in [0, 0.1) is 5.82 Å². The molecular weight excluding hydrogens is 284 g/mol. The fraction of sp³-hybridized carbons (Fsp3) is 0.200. The van der Waals surface area contributed by atoms with E-state index in [4.69, 9.17) is 23.2 Å². The summed E-state index contributed by atoms with van der Waals surface area (Å²) in [5.74, 6) is -0.329. The number of hydrogen-bond acceptors (Lipinski definition) is 1. The van der Waals surface area contributed by atoms with Gasteiger partial charge in [0.15, 0.2) is 0 Å². The van der Waals surface area contributed by atoms with Crippen molar-refractivity contribution in [2.45, 2.75) is 13.5 Å². The maximum absolute atomic E-state index is 13.9. The van der Waals surface area contributed by atoms with Gasteiger partial charge in [0.1, 0.15) is 5.82 Å². The number of rotatable bonds is 4. The van der Waals surface area contributed by atoms with E-state index in [1.54, 1.807) is 18.2 Å². The van der Waals surface area contributed by atoms with E-state index in [1.165, 1.54) is 6.07 Å². The maximum Gasteiger partial charge on any atom is 0.132 e. The summed E-state index contributed by atoms with van der Waals surface area (Å²) in [6.07, 6.45) is 0. The lowest BCUT2D eigenvalue weighted by molar-refractivity contribution is 0.631. The minimum Gasteiger partial charge on any atom is -0.313 e. The zero-order chi connectivity index (χ0) is 13.8. The summed E-state index contributed by atoms with van der Waals surface area (Å²) in [5.41, 5.74) is 2.28. The van der Waals surface area contributed by atoms with E-state index in [9.17, 15) is 4.39 Å². The van der Waals surface area contributed by atoms with Crippen molar-refractivity contribution in [1.29, 1.82) is 0 Å². The number of nitrogens with one attached hydrogen (secondary N) is 1. The van der Waals surface area contributed by atoms with Crippen molar-refractivity contribution in [2.75, 3.05) is 6.54 Å². The van der Waals surface area contributed by atoms with E-state index >= 15 is 0 Å². The van der Waals surface area contributed by atoms with Gasteiger partial charge < -0.3 is 5.32 Å². The highest BCUT2D eigenvalue weighted by Gasteiger charge is 2.08. The summed E-state index contributed by atoms with van der Waals surface area (Å²) < 4.78 is 13.9. The van der Waals surface area contributed by atoms with Crippen molar-refractivity contribution in [3.05, 3.63) is 57.8 Å². The fourth-order valence-electron chi connectivity index (χ4n) is 1.86. The van der Waals surface area contributed by atoms with Crippen LogP contribution in [0.3, 0.4) is 0 Å². The molecule has 4 heteroatoms. The minimum atomic E-state index is -0.329. The Morgan fingerprint density at radius 3 is 2.58 bits per heavy atom. The summed E-state index contributed by atoms with van der Waals surface area (Å²) in [7, 11) is 0. The van der Waals surface area contributed by atoms with Crippen LogP contribution in [0.2, 0.25) is 10.0 Å². The van der Waals surface area contributed by atoms with E-state index in [2.05, 4.69) is 5.32 Å². The molecular formula is C15H14Cl2FN. The van der Waals surface area contributed by atoms with Crippen molar-refractivity contribution >= 4 is 23.2 Å². The molecule has 0 unspecified atom stereocenters. The Morgan fingerprint density at radius 2 is 1.89 bits per heavy atom. The highest BCUT2D eigenvalue weighted by Crippen LogP contribution is 2.28. The number of hydrogen-bond donors (Lipinski definition) is 1. The molecule has 2 aromatic carbocycles. The first kappa shape index (κ1) is 14.3. The Labute approximate surface area is 122 Å². The average Bonchev–Trinajstić information content (AvgIpc) is 2.38. The van der Waals surface area contributed by atoms with Gasteiger partial charge in [-0.05, 0) is 48.0 Å². The van der Waals surface area contributed by atoms with Crippen LogP contribution in [0.25, 0.3) is 11.1 Å². The van der Waals surface area contributed by atoms with Crippen LogP contribution in [0.5, 0.6) is 0 Å². The highest BCUT2D eigenvalue weighted by atomic mass is 35.5. The van der Waals surface area contributed by atoms with Gasteiger partial charge in [0.05, 0.1) is 0 Å². The summed E-state index contributed by atoms with van der Waals surface area (Å²) in [5, 5.41) is 4.28. The molecule has 0 fully saturated rings. The van der Waals surface area contributed by atoms with Gasteiger partial charge in [0, 0.05) is 22.2 Å². The lowest BCUT2D eigenvalue weighted by Crippen LogP contribution is -2.12. The van der Waals surface area contributed by atoms with Crippen molar-refractivity contribution in [3.8, 4) is 11.1 Å². The van der Waals surface area contributed by atoms with Gasteiger partial charge in [-0.25, -0.2) is 4.39 Å². The highest BCUT2D eigenvalue weighted by molar-refractivity contribution is 6.31. The summed E-state index contributed by atoms with van der Waals surface area (Å²) >= 11 is 11.9. The molecule has 0 aliphatic heterocycles. The van der Waals surface area contributed by atoms with E-state index in [1.807, 2.05) is 19.1 Å². The molecule has 0 aromatic heterocycles. The first-order valence-corrected chi connectivity index (χ1v) is 6.82. The van der Waals surface area contributed by atoms with Gasteiger partial charge >= 0.3 is 0 Å². The molecule has 0 saturated carbocycles. The Balaban J connectivity index is 2.39. The average molecular weight is 298 g/mol. The molecule has 0 aliphatic carbocycles. The van der Waals surface area contributed by atoms with Crippen LogP contribution >= 0.6 is 23.2 Å². The molecule has 1 nitrogen and oxygen atoms in total. The smallest absolute Gasteiger partial charge is 0.132 e. The predicted octanol–water partition coefficient (Wildman–Crippen LogP) is 4.91. The molecule has 0 aliphatic rings. The zero-order valence-corrected chi connectivity index (χ0v) is 12.0. The number of halogens is 3. The molecule has 0 bridgehead atoms. The predicted molar refractivity (Wildman–Crippen MR) is 79.2 cm³/mol. The second-order valence-corrected chi connectivity index (χ2v) is 5.05. The molecule has 0 amide bonds. The molecule has 0 saturated heterocycles. The third kappa shape index (κ3) is 3.47. The normalized spacial score (nSPS) is 10.7. The van der Waals surface area contributed by atoms with Gasteiger partial charge in [-0.2, -0.15) is 0 Å². The van der Waals surface area contributed by atoms with Crippen molar-refractivity contribution in [3.63, 3.8) is 0 Å². The molecule has 0 spiro atoms. The number of benzene rings is 2. The lowest BCUT2D eigenvalue weighted by Gasteiger charge is -2.09. The summed E-state index contributed by atoms with van der Waals surface area (Å²) in [6, 6.07) is 10.2. The minimum absolute atomic E-state index is 0.329. The van der Waals surface area contributed by atoms with Crippen molar-refractivity contribution in [1.82, 2.24) is 5.32 Å². The monoisotopic (exact) mass is 297 g/mol. The van der Waals surface area contributed by atoms with E-state index in [0.717, 1.165) is 17.7 Å². The zero-order valence-electron chi connectivity index (χ0n) is 10.5. The van der Waals surface area contributed by atoms with Crippen LogP contribution in [0.15, 0.2) is 36.4 Å². The molecule has 0 heterocycles. The SMILES string of the molecule is CCNCc1cc(-c2ccc(Cl)cc2F)ccc1Cl. The van der Waals surface area contributed by atoms with Crippen LogP contribution in [-0.2, 0) is 6.54 Å². The Kier molecular flexibility index (Phi) is 4.81. The topological polar surface area (TPSA) is 12.0 Å². The molecule has 19 heavy (non-hydrogen) atoms. The summed E-state index contributed by atoms with van der Waals surface area (Å²) in [4.78, 5) is 0. The molecule has 100 valence electrons. The van der Waals surface area contributed by atoms with Gasteiger partial charge in [-0.1, -0.05) is 36.2 Å². The van der Waals surface area contributed by atoms with E-state index in [-0.39, 0.29) is 5.82 Å². The third-order valence-corrected chi connectivity index (χ3v) is 3.46. The van der Waals surface area contributed by atoms with Crippen LogP contribution < -0.4 is 5.32 Å². The van der Waals surface area contributed by atoms with Crippen molar-refractivity contribution in [2.24, 2.45) is 0 Å². The fourth-order valence-corrected chi connectivity index (χ4v) is 2.20. The van der Waals surface area contributed by atoms with Gasteiger partial charge in [0.25, 0.3) is 0 Å². The second-order valence-electron chi connectivity index (χ2n) is 4.21. The molecule has 2 rings (SSSR count). The lowest BCUT2D eigenvalue weighted by atomic mass is 10.0. The van der Waals surface area contributed by atoms with E-state index < -0.39 is 0 Å². The van der Waals surface area contributed by atoms with Gasteiger partial charge in [-0.15, -0.1) is 0 Å². The third-order valence-electron chi connectivity index (χ3n) is 2.85. The van der Waals surface area contributed by atoms with Crippen LogP contribution in [0.4, 0.5) is 4.39 Å².